The summed E-state index contributed by atoms with van der Waals surface area (Å²) in [6.45, 7) is 1.88. The van der Waals surface area contributed by atoms with Gasteiger partial charge in [-0.15, -0.1) is 11.3 Å². The van der Waals surface area contributed by atoms with Crippen LogP contribution < -0.4 is 0 Å². The number of aliphatic hydroxyl groups is 1. The van der Waals surface area contributed by atoms with Crippen molar-refractivity contribution in [1.29, 1.82) is 0 Å². The van der Waals surface area contributed by atoms with Crippen molar-refractivity contribution in [2.75, 3.05) is 33.8 Å². The number of carbonyl (C=O) groups is 1. The van der Waals surface area contributed by atoms with E-state index in [9.17, 15) is 4.79 Å². The molecule has 0 aromatic carbocycles. The lowest BCUT2D eigenvalue weighted by molar-refractivity contribution is 0.0664. The fraction of sp³-hybridized carbons (Fsp3) is 0.533. The van der Waals surface area contributed by atoms with E-state index in [4.69, 9.17) is 5.11 Å². The monoisotopic (exact) mass is 292 g/mol. The molecule has 108 valence electrons. The molecule has 1 fully saturated rings. The van der Waals surface area contributed by atoms with Gasteiger partial charge >= 0.3 is 0 Å². The molecule has 1 aliphatic rings. The van der Waals surface area contributed by atoms with Gasteiger partial charge in [-0.25, -0.2) is 0 Å². The number of hydrogen-bond acceptors (Lipinski definition) is 4. The molecule has 0 saturated carbocycles. The molecule has 0 atom stereocenters. The van der Waals surface area contributed by atoms with Gasteiger partial charge in [0, 0.05) is 18.7 Å². The van der Waals surface area contributed by atoms with Gasteiger partial charge in [-0.2, -0.15) is 0 Å². The van der Waals surface area contributed by atoms with Crippen LogP contribution in [-0.2, 0) is 0 Å². The molecule has 0 unspecified atom stereocenters. The summed E-state index contributed by atoms with van der Waals surface area (Å²) in [7, 11) is 3.99. The molecule has 1 aliphatic heterocycles. The number of carbonyl (C=O) groups excluding carboxylic acids is 1. The fourth-order valence-electron chi connectivity index (χ4n) is 2.42. The number of rotatable bonds is 2. The molecule has 1 N–H and O–H groups in total. The molecule has 1 aromatic rings. The maximum absolute atomic E-state index is 12.6. The van der Waals surface area contributed by atoms with Crippen LogP contribution in [0.15, 0.2) is 11.4 Å². The minimum atomic E-state index is -0.186. The number of hydrogen-bond donors (Lipinski definition) is 1. The van der Waals surface area contributed by atoms with Gasteiger partial charge in [0.2, 0.25) is 0 Å². The highest BCUT2D eigenvalue weighted by Crippen LogP contribution is 2.21. The summed E-state index contributed by atoms with van der Waals surface area (Å²) in [6.07, 6.45) is 2.03. The topological polar surface area (TPSA) is 43.8 Å². The van der Waals surface area contributed by atoms with Gasteiger partial charge in [0.05, 0.1) is 0 Å². The van der Waals surface area contributed by atoms with Crippen LogP contribution in [0.5, 0.6) is 0 Å². The maximum atomic E-state index is 12.6. The van der Waals surface area contributed by atoms with E-state index in [1.165, 1.54) is 11.3 Å². The van der Waals surface area contributed by atoms with E-state index in [-0.39, 0.29) is 12.5 Å². The average Bonchev–Trinajstić information content (AvgIpc) is 2.92. The standard InChI is InChI=1S/C15H20N2O2S/c1-16-8-5-13(6-9-16)17(2)15(19)14-12(4-3-10-18)7-11-20-14/h7,11,13,18H,5-6,8-10H2,1-2H3. The predicted molar refractivity (Wildman–Crippen MR) is 80.9 cm³/mol. The van der Waals surface area contributed by atoms with Crippen LogP contribution in [0, 0.1) is 11.8 Å². The van der Waals surface area contributed by atoms with Crippen molar-refractivity contribution < 1.29 is 9.90 Å². The summed E-state index contributed by atoms with van der Waals surface area (Å²) in [5.74, 6) is 5.49. The highest BCUT2D eigenvalue weighted by Gasteiger charge is 2.26. The molecule has 0 bridgehead atoms. The number of piperidine rings is 1. The zero-order valence-electron chi connectivity index (χ0n) is 11.9. The summed E-state index contributed by atoms with van der Waals surface area (Å²) in [5.41, 5.74) is 0.717. The first-order valence-electron chi connectivity index (χ1n) is 6.76. The molecule has 0 aliphatic carbocycles. The molecule has 2 heterocycles. The average molecular weight is 292 g/mol. The van der Waals surface area contributed by atoms with E-state index in [1.807, 2.05) is 23.4 Å². The lowest BCUT2D eigenvalue weighted by atomic mass is 10.0. The Morgan fingerprint density at radius 3 is 2.90 bits per heavy atom. The van der Waals surface area contributed by atoms with Crippen LogP contribution in [-0.4, -0.2) is 60.6 Å². The third-order valence-electron chi connectivity index (χ3n) is 3.72. The van der Waals surface area contributed by atoms with Gasteiger partial charge in [-0.3, -0.25) is 4.79 Å². The second kappa shape index (κ2) is 6.89. The lowest BCUT2D eigenvalue weighted by Crippen LogP contribution is -2.44. The maximum Gasteiger partial charge on any atom is 0.265 e. The highest BCUT2D eigenvalue weighted by atomic mass is 32.1. The minimum absolute atomic E-state index is 0.0387. The molecule has 0 spiro atoms. The smallest absolute Gasteiger partial charge is 0.265 e. The molecular formula is C15H20N2O2S. The second-order valence-electron chi connectivity index (χ2n) is 5.07. The molecule has 20 heavy (non-hydrogen) atoms. The Balaban J connectivity index is 2.09. The van der Waals surface area contributed by atoms with E-state index in [2.05, 4.69) is 23.8 Å². The quantitative estimate of drug-likeness (QED) is 0.835. The molecule has 1 aromatic heterocycles. The van der Waals surface area contributed by atoms with Crippen LogP contribution in [0.3, 0.4) is 0 Å². The van der Waals surface area contributed by atoms with Crippen molar-refractivity contribution in [3.63, 3.8) is 0 Å². The van der Waals surface area contributed by atoms with Crippen molar-refractivity contribution in [2.45, 2.75) is 18.9 Å². The Morgan fingerprint density at radius 2 is 2.25 bits per heavy atom. The second-order valence-corrected chi connectivity index (χ2v) is 5.99. The SMILES string of the molecule is CN1CCC(N(C)C(=O)c2sccc2C#CCO)CC1. The van der Waals surface area contributed by atoms with E-state index < -0.39 is 0 Å². The Bertz CT molecular complexity index is 521. The zero-order valence-corrected chi connectivity index (χ0v) is 12.7. The number of amides is 1. The van der Waals surface area contributed by atoms with Crippen LogP contribution in [0.2, 0.25) is 0 Å². The number of aliphatic hydroxyl groups excluding tert-OH is 1. The Hall–Kier alpha value is -1.35. The van der Waals surface area contributed by atoms with Gasteiger partial charge in [0.1, 0.15) is 11.5 Å². The van der Waals surface area contributed by atoms with Gasteiger partial charge in [-0.05, 0) is 44.4 Å². The summed E-state index contributed by atoms with van der Waals surface area (Å²) in [5, 5.41) is 10.6. The molecule has 5 heteroatoms. The molecule has 4 nitrogen and oxygen atoms in total. The summed E-state index contributed by atoms with van der Waals surface area (Å²) < 4.78 is 0. The molecule has 1 saturated heterocycles. The first-order valence-corrected chi connectivity index (χ1v) is 7.64. The van der Waals surface area contributed by atoms with Crippen molar-refractivity contribution in [3.05, 3.63) is 21.9 Å². The van der Waals surface area contributed by atoms with Gasteiger partial charge in [0.25, 0.3) is 5.91 Å². The summed E-state index contributed by atoms with van der Waals surface area (Å²) in [4.78, 5) is 17.4. The van der Waals surface area contributed by atoms with Crippen molar-refractivity contribution in [3.8, 4) is 11.8 Å². The number of likely N-dealkylation sites (tertiary alicyclic amines) is 1. The van der Waals surface area contributed by atoms with Gasteiger partial charge in [-0.1, -0.05) is 11.8 Å². The van der Waals surface area contributed by atoms with Gasteiger partial charge < -0.3 is 14.9 Å². The Labute approximate surface area is 124 Å². The van der Waals surface area contributed by atoms with E-state index in [1.54, 1.807) is 0 Å². The first kappa shape index (κ1) is 15.0. The normalized spacial score (nSPS) is 16.6. The van der Waals surface area contributed by atoms with Crippen molar-refractivity contribution >= 4 is 17.2 Å². The summed E-state index contributed by atoms with van der Waals surface area (Å²) >= 11 is 1.42. The molecule has 1 amide bonds. The Morgan fingerprint density at radius 1 is 1.55 bits per heavy atom. The highest BCUT2D eigenvalue weighted by molar-refractivity contribution is 7.12. The predicted octanol–water partition coefficient (Wildman–Crippen LogP) is 1.26. The fourth-order valence-corrected chi connectivity index (χ4v) is 3.25. The Kier molecular flexibility index (Phi) is 5.18. The van der Waals surface area contributed by atoms with Crippen molar-refractivity contribution in [2.24, 2.45) is 0 Å². The molecule has 0 radical (unpaired) electrons. The third kappa shape index (κ3) is 3.40. The van der Waals surface area contributed by atoms with E-state index in [0.717, 1.165) is 25.9 Å². The lowest BCUT2D eigenvalue weighted by Gasteiger charge is -2.35. The van der Waals surface area contributed by atoms with Crippen LogP contribution in [0.4, 0.5) is 0 Å². The van der Waals surface area contributed by atoms with E-state index >= 15 is 0 Å². The van der Waals surface area contributed by atoms with Crippen LogP contribution in [0.25, 0.3) is 0 Å². The number of thiophene rings is 1. The van der Waals surface area contributed by atoms with Crippen LogP contribution >= 0.6 is 11.3 Å². The summed E-state index contributed by atoms with van der Waals surface area (Å²) in [6, 6.07) is 2.14. The molecular weight excluding hydrogens is 272 g/mol. The first-order chi connectivity index (χ1) is 9.63. The number of nitrogens with zero attached hydrogens (tertiary/aromatic N) is 2. The third-order valence-corrected chi connectivity index (χ3v) is 4.62. The van der Waals surface area contributed by atoms with E-state index in [0.29, 0.717) is 16.5 Å². The zero-order chi connectivity index (χ0) is 14.5. The molecule has 2 rings (SSSR count). The minimum Gasteiger partial charge on any atom is -0.384 e. The van der Waals surface area contributed by atoms with Gasteiger partial charge in [0.15, 0.2) is 0 Å². The van der Waals surface area contributed by atoms with Crippen LogP contribution in [0.1, 0.15) is 28.1 Å². The van der Waals surface area contributed by atoms with Crippen molar-refractivity contribution in [1.82, 2.24) is 9.80 Å². The largest absolute Gasteiger partial charge is 0.384 e.